The lowest BCUT2D eigenvalue weighted by molar-refractivity contribution is 0.546. The Balaban J connectivity index is 2.22. The molecule has 2 nitrogen and oxygen atoms in total. The molecule has 106 valence electrons. The Labute approximate surface area is 131 Å². The first-order chi connectivity index (χ1) is 9.56. The molecule has 0 atom stereocenters. The topological polar surface area (TPSA) is 24.9 Å². The normalized spacial score (nSPS) is 11.1. The van der Waals surface area contributed by atoms with Crippen LogP contribution in [-0.2, 0) is 6.54 Å². The van der Waals surface area contributed by atoms with Crippen molar-refractivity contribution in [2.75, 3.05) is 0 Å². The molecule has 0 saturated carbocycles. The maximum atomic E-state index is 14.0. The zero-order valence-electron chi connectivity index (χ0n) is 11.4. The summed E-state index contributed by atoms with van der Waals surface area (Å²) in [5.41, 5.74) is 0.691. The van der Waals surface area contributed by atoms with E-state index in [1.807, 2.05) is 32.0 Å². The van der Waals surface area contributed by atoms with Gasteiger partial charge in [-0.15, -0.1) is 0 Å². The van der Waals surface area contributed by atoms with E-state index in [9.17, 15) is 4.39 Å². The molecule has 0 aliphatic rings. The molecule has 0 bridgehead atoms. The maximum absolute atomic E-state index is 14.0. The first-order valence-electron chi connectivity index (χ1n) is 6.36. The first-order valence-corrected chi connectivity index (χ1v) is 7.97. The second-order valence-electron chi connectivity index (χ2n) is 4.67. The van der Waals surface area contributed by atoms with Gasteiger partial charge in [-0.05, 0) is 40.2 Å². The third-order valence-electron chi connectivity index (χ3n) is 2.68. The van der Waals surface area contributed by atoms with Gasteiger partial charge in [-0.3, -0.25) is 0 Å². The van der Waals surface area contributed by atoms with E-state index in [0.29, 0.717) is 18.2 Å². The molecule has 2 aromatic rings. The van der Waals surface area contributed by atoms with Crippen molar-refractivity contribution >= 4 is 27.7 Å². The second-order valence-corrected chi connectivity index (χ2v) is 6.65. The molecule has 1 aromatic carbocycles. The number of aromatic nitrogens is 1. The van der Waals surface area contributed by atoms with E-state index >= 15 is 0 Å². The van der Waals surface area contributed by atoms with E-state index in [1.54, 1.807) is 12.3 Å². The Morgan fingerprint density at radius 2 is 2.10 bits per heavy atom. The quantitative estimate of drug-likeness (QED) is 0.846. The molecule has 20 heavy (non-hydrogen) atoms. The molecular weight excluding hydrogens is 339 g/mol. The van der Waals surface area contributed by atoms with E-state index in [0.717, 1.165) is 14.4 Å². The minimum atomic E-state index is -0.180. The summed E-state index contributed by atoms with van der Waals surface area (Å²) in [6.45, 7) is 4.61. The van der Waals surface area contributed by atoms with Crippen molar-refractivity contribution in [3.8, 4) is 0 Å². The minimum absolute atomic E-state index is 0.180. The van der Waals surface area contributed by atoms with Crippen LogP contribution in [0.5, 0.6) is 0 Å². The van der Waals surface area contributed by atoms with Gasteiger partial charge in [-0.1, -0.05) is 31.7 Å². The number of nitrogens with zero attached hydrogens (tertiary/aromatic N) is 1. The highest BCUT2D eigenvalue weighted by molar-refractivity contribution is 9.10. The van der Waals surface area contributed by atoms with Gasteiger partial charge in [0.25, 0.3) is 0 Å². The molecule has 0 fully saturated rings. The Bertz CT molecular complexity index is 573. The minimum Gasteiger partial charge on any atom is -0.310 e. The Morgan fingerprint density at radius 1 is 1.30 bits per heavy atom. The van der Waals surface area contributed by atoms with Crippen LogP contribution in [0.2, 0.25) is 0 Å². The van der Waals surface area contributed by atoms with E-state index < -0.39 is 0 Å². The molecule has 1 N–H and O–H groups in total. The number of halogens is 2. The van der Waals surface area contributed by atoms with Gasteiger partial charge in [0, 0.05) is 33.7 Å². The number of hydrogen-bond acceptors (Lipinski definition) is 3. The lowest BCUT2D eigenvalue weighted by Crippen LogP contribution is -2.22. The van der Waals surface area contributed by atoms with Gasteiger partial charge < -0.3 is 5.32 Å². The van der Waals surface area contributed by atoms with Gasteiger partial charge in [0.2, 0.25) is 0 Å². The number of benzene rings is 1. The largest absolute Gasteiger partial charge is 0.310 e. The maximum Gasteiger partial charge on any atom is 0.128 e. The second kappa shape index (κ2) is 7.20. The third kappa shape index (κ3) is 4.30. The predicted octanol–water partition coefficient (Wildman–Crippen LogP) is 4.63. The summed E-state index contributed by atoms with van der Waals surface area (Å²) in [5.74, 6) is -0.180. The summed E-state index contributed by atoms with van der Waals surface area (Å²) < 4.78 is 14.9. The van der Waals surface area contributed by atoms with Crippen molar-refractivity contribution in [3.63, 3.8) is 0 Å². The molecular formula is C15H16BrFN2S. The first kappa shape index (κ1) is 15.5. The van der Waals surface area contributed by atoms with Crippen LogP contribution in [0.3, 0.4) is 0 Å². The highest BCUT2D eigenvalue weighted by Gasteiger charge is 2.10. The average Bonchev–Trinajstić information content (AvgIpc) is 2.40. The monoisotopic (exact) mass is 354 g/mol. The van der Waals surface area contributed by atoms with E-state index in [4.69, 9.17) is 0 Å². The van der Waals surface area contributed by atoms with Gasteiger partial charge in [-0.25, -0.2) is 9.37 Å². The highest BCUT2D eigenvalue weighted by atomic mass is 79.9. The Kier molecular flexibility index (Phi) is 5.57. The van der Waals surface area contributed by atoms with Crippen molar-refractivity contribution < 1.29 is 4.39 Å². The molecule has 5 heteroatoms. The molecule has 0 aliphatic carbocycles. The summed E-state index contributed by atoms with van der Waals surface area (Å²) in [6, 6.07) is 9.32. The number of nitrogens with one attached hydrogen (secondary N) is 1. The van der Waals surface area contributed by atoms with Gasteiger partial charge in [-0.2, -0.15) is 0 Å². The van der Waals surface area contributed by atoms with E-state index in [2.05, 4.69) is 26.2 Å². The molecule has 0 aliphatic heterocycles. The van der Waals surface area contributed by atoms with Crippen LogP contribution in [0.1, 0.15) is 19.4 Å². The van der Waals surface area contributed by atoms with Crippen LogP contribution in [0.4, 0.5) is 4.39 Å². The molecule has 0 radical (unpaired) electrons. The summed E-state index contributed by atoms with van der Waals surface area (Å²) in [6.07, 6.45) is 1.74. The fourth-order valence-corrected chi connectivity index (χ4v) is 2.79. The van der Waals surface area contributed by atoms with Gasteiger partial charge in [0.1, 0.15) is 10.8 Å². The summed E-state index contributed by atoms with van der Waals surface area (Å²) in [4.78, 5) is 5.21. The molecule has 0 unspecified atom stereocenters. The highest BCUT2D eigenvalue weighted by Crippen LogP contribution is 2.31. The standard InChI is InChI=1S/C15H16BrFN2S/c1-10(2)18-9-12-13(17)4-3-5-14(12)20-15-7-6-11(16)8-19-15/h3-8,10,18H,9H2,1-2H3. The lowest BCUT2D eigenvalue weighted by atomic mass is 10.2. The van der Waals surface area contributed by atoms with Crippen LogP contribution in [0.25, 0.3) is 0 Å². The molecule has 0 amide bonds. The zero-order valence-corrected chi connectivity index (χ0v) is 13.8. The molecule has 1 heterocycles. The molecule has 2 rings (SSSR count). The predicted molar refractivity (Wildman–Crippen MR) is 84.4 cm³/mol. The van der Waals surface area contributed by atoms with Gasteiger partial charge in [0.05, 0.1) is 0 Å². The van der Waals surface area contributed by atoms with Crippen molar-refractivity contribution in [1.29, 1.82) is 0 Å². The van der Waals surface area contributed by atoms with Crippen LogP contribution in [-0.4, -0.2) is 11.0 Å². The lowest BCUT2D eigenvalue weighted by Gasteiger charge is -2.13. The smallest absolute Gasteiger partial charge is 0.128 e. The van der Waals surface area contributed by atoms with Crippen LogP contribution in [0, 0.1) is 5.82 Å². The number of hydrogen-bond donors (Lipinski definition) is 1. The van der Waals surface area contributed by atoms with E-state index in [-0.39, 0.29) is 5.82 Å². The fraction of sp³-hybridized carbons (Fsp3) is 0.267. The molecule has 0 spiro atoms. The van der Waals surface area contributed by atoms with Gasteiger partial charge >= 0.3 is 0 Å². The SMILES string of the molecule is CC(C)NCc1c(F)cccc1Sc1ccc(Br)cn1. The van der Waals surface area contributed by atoms with Crippen LogP contribution in [0.15, 0.2) is 50.9 Å². The van der Waals surface area contributed by atoms with Crippen LogP contribution >= 0.6 is 27.7 Å². The molecule has 1 aromatic heterocycles. The Hall–Kier alpha value is -0.910. The van der Waals surface area contributed by atoms with E-state index in [1.165, 1.54) is 17.8 Å². The number of rotatable bonds is 5. The fourth-order valence-electron chi connectivity index (χ4n) is 1.65. The van der Waals surface area contributed by atoms with Crippen molar-refractivity contribution in [1.82, 2.24) is 10.3 Å². The summed E-state index contributed by atoms with van der Waals surface area (Å²) in [7, 11) is 0. The van der Waals surface area contributed by atoms with Crippen molar-refractivity contribution in [2.24, 2.45) is 0 Å². The van der Waals surface area contributed by atoms with Gasteiger partial charge in [0.15, 0.2) is 0 Å². The summed E-state index contributed by atoms with van der Waals surface area (Å²) >= 11 is 4.83. The molecule has 0 saturated heterocycles. The van der Waals surface area contributed by atoms with Crippen molar-refractivity contribution in [2.45, 2.75) is 36.4 Å². The Morgan fingerprint density at radius 3 is 2.75 bits per heavy atom. The third-order valence-corrected chi connectivity index (χ3v) is 4.20. The average molecular weight is 355 g/mol. The zero-order chi connectivity index (χ0) is 14.5. The number of pyridine rings is 1. The van der Waals surface area contributed by atoms with Crippen molar-refractivity contribution in [3.05, 3.63) is 52.4 Å². The van der Waals surface area contributed by atoms with Crippen LogP contribution < -0.4 is 5.32 Å². The summed E-state index contributed by atoms with van der Waals surface area (Å²) in [5, 5.41) is 4.11.